The minimum Gasteiger partial charge on any atom is -0.508 e. The van der Waals surface area contributed by atoms with Gasteiger partial charge in [-0.1, -0.05) is 6.07 Å². The molecular formula is C21H30IN3O4. The van der Waals surface area contributed by atoms with Gasteiger partial charge in [-0.2, -0.15) is 0 Å². The molecule has 0 amide bonds. The fourth-order valence-corrected chi connectivity index (χ4v) is 2.68. The van der Waals surface area contributed by atoms with Crippen molar-refractivity contribution in [2.24, 2.45) is 4.99 Å². The lowest BCUT2D eigenvalue weighted by atomic mass is 10.1. The van der Waals surface area contributed by atoms with Crippen molar-refractivity contribution in [2.45, 2.75) is 19.9 Å². The SMILES string of the molecule is CCNC(=NCc1cc(OC)ccc1O)NCCc1ccc(OC)c(OC)c1.I. The number of phenolic OH excluding ortho intramolecular Hbond substituents is 1. The molecule has 7 nitrogen and oxygen atoms in total. The van der Waals surface area contributed by atoms with Gasteiger partial charge in [0.2, 0.25) is 0 Å². The summed E-state index contributed by atoms with van der Waals surface area (Å²) >= 11 is 0. The predicted molar refractivity (Wildman–Crippen MR) is 126 cm³/mol. The average Bonchev–Trinajstić information content (AvgIpc) is 2.72. The number of ether oxygens (including phenoxy) is 3. The maximum Gasteiger partial charge on any atom is 0.191 e. The van der Waals surface area contributed by atoms with Crippen LogP contribution in [-0.4, -0.2) is 45.5 Å². The Kier molecular flexibility index (Phi) is 11.0. The van der Waals surface area contributed by atoms with Crippen molar-refractivity contribution < 1.29 is 19.3 Å². The standard InChI is InChI=1S/C21H29N3O4.HI/c1-5-22-21(24-14-16-13-17(26-2)7-8-18(16)25)23-11-10-15-6-9-19(27-3)20(12-15)28-4;/h6-9,12-13,25H,5,10-11,14H2,1-4H3,(H2,22,23,24);1H. The van der Waals surface area contributed by atoms with E-state index in [1.807, 2.05) is 25.1 Å². The van der Waals surface area contributed by atoms with Crippen LogP contribution in [0.3, 0.4) is 0 Å². The van der Waals surface area contributed by atoms with Crippen molar-refractivity contribution in [3.8, 4) is 23.0 Å². The van der Waals surface area contributed by atoms with E-state index in [1.165, 1.54) is 0 Å². The smallest absolute Gasteiger partial charge is 0.191 e. The maximum atomic E-state index is 10.0. The molecule has 160 valence electrons. The minimum absolute atomic E-state index is 0. The zero-order valence-corrected chi connectivity index (χ0v) is 19.7. The molecule has 0 aromatic heterocycles. The van der Waals surface area contributed by atoms with Gasteiger partial charge in [0.1, 0.15) is 11.5 Å². The molecule has 29 heavy (non-hydrogen) atoms. The van der Waals surface area contributed by atoms with Gasteiger partial charge < -0.3 is 30.0 Å². The van der Waals surface area contributed by atoms with Crippen LogP contribution >= 0.6 is 24.0 Å². The molecule has 0 unspecified atom stereocenters. The Morgan fingerprint density at radius 3 is 2.38 bits per heavy atom. The van der Waals surface area contributed by atoms with Crippen LogP contribution in [0.2, 0.25) is 0 Å². The molecule has 0 saturated carbocycles. The molecule has 3 N–H and O–H groups in total. The first-order valence-corrected chi connectivity index (χ1v) is 9.20. The summed E-state index contributed by atoms with van der Waals surface area (Å²) < 4.78 is 15.8. The fraction of sp³-hybridized carbons (Fsp3) is 0.381. The third kappa shape index (κ3) is 7.52. The Hall–Kier alpha value is -2.36. The number of nitrogens with one attached hydrogen (secondary N) is 2. The van der Waals surface area contributed by atoms with Gasteiger partial charge in [0.05, 0.1) is 27.9 Å². The van der Waals surface area contributed by atoms with Gasteiger partial charge in [0, 0.05) is 18.7 Å². The van der Waals surface area contributed by atoms with Crippen LogP contribution in [0, 0.1) is 0 Å². The van der Waals surface area contributed by atoms with E-state index in [0.717, 1.165) is 18.5 Å². The van der Waals surface area contributed by atoms with Crippen molar-refractivity contribution in [2.75, 3.05) is 34.4 Å². The largest absolute Gasteiger partial charge is 0.508 e. The molecule has 0 aliphatic carbocycles. The van der Waals surface area contributed by atoms with Gasteiger partial charge in [0.25, 0.3) is 0 Å². The zero-order chi connectivity index (χ0) is 20.4. The number of aliphatic imine (C=N–C) groups is 1. The number of rotatable bonds is 9. The highest BCUT2D eigenvalue weighted by atomic mass is 127. The maximum absolute atomic E-state index is 10.0. The van der Waals surface area contributed by atoms with Gasteiger partial charge in [-0.05, 0) is 49.2 Å². The van der Waals surface area contributed by atoms with Crippen LogP contribution < -0.4 is 24.8 Å². The van der Waals surface area contributed by atoms with Gasteiger partial charge in [-0.15, -0.1) is 24.0 Å². The third-order valence-corrected chi connectivity index (χ3v) is 4.19. The highest BCUT2D eigenvalue weighted by Gasteiger charge is 2.06. The quantitative estimate of drug-likeness (QED) is 0.270. The molecule has 0 bridgehead atoms. The van der Waals surface area contributed by atoms with Gasteiger partial charge >= 0.3 is 0 Å². The third-order valence-electron chi connectivity index (χ3n) is 4.19. The molecule has 0 heterocycles. The molecule has 0 spiro atoms. The topological polar surface area (TPSA) is 84.3 Å². The second-order valence-corrected chi connectivity index (χ2v) is 6.06. The lowest BCUT2D eigenvalue weighted by molar-refractivity contribution is 0.354. The number of hydrogen-bond donors (Lipinski definition) is 3. The first-order valence-electron chi connectivity index (χ1n) is 9.20. The van der Waals surface area contributed by atoms with Crippen molar-refractivity contribution >= 4 is 29.9 Å². The van der Waals surface area contributed by atoms with Crippen LogP contribution in [0.5, 0.6) is 23.0 Å². The summed E-state index contributed by atoms with van der Waals surface area (Å²) in [5.74, 6) is 3.01. The number of benzene rings is 2. The van der Waals surface area contributed by atoms with E-state index in [2.05, 4.69) is 15.6 Å². The van der Waals surface area contributed by atoms with Crippen molar-refractivity contribution in [1.29, 1.82) is 0 Å². The Morgan fingerprint density at radius 2 is 1.72 bits per heavy atom. The van der Waals surface area contributed by atoms with E-state index in [-0.39, 0.29) is 29.7 Å². The van der Waals surface area contributed by atoms with Crippen molar-refractivity contribution in [1.82, 2.24) is 10.6 Å². The van der Waals surface area contributed by atoms with E-state index in [4.69, 9.17) is 14.2 Å². The Labute approximate surface area is 189 Å². The van der Waals surface area contributed by atoms with Crippen LogP contribution in [0.25, 0.3) is 0 Å². The Morgan fingerprint density at radius 1 is 0.966 bits per heavy atom. The van der Waals surface area contributed by atoms with E-state index in [0.29, 0.717) is 41.9 Å². The molecule has 0 aliphatic heterocycles. The second-order valence-electron chi connectivity index (χ2n) is 6.06. The number of halogens is 1. The summed E-state index contributed by atoms with van der Waals surface area (Å²) in [6.07, 6.45) is 0.801. The van der Waals surface area contributed by atoms with Crippen LogP contribution in [-0.2, 0) is 13.0 Å². The molecule has 2 aromatic carbocycles. The molecule has 0 saturated heterocycles. The summed E-state index contributed by atoms with van der Waals surface area (Å²) in [7, 11) is 4.85. The lowest BCUT2D eigenvalue weighted by Crippen LogP contribution is -2.38. The summed E-state index contributed by atoms with van der Waals surface area (Å²) in [5, 5.41) is 16.5. The Bertz CT molecular complexity index is 799. The van der Waals surface area contributed by atoms with Gasteiger partial charge in [0.15, 0.2) is 17.5 Å². The molecule has 2 aromatic rings. The van der Waals surface area contributed by atoms with E-state index < -0.39 is 0 Å². The van der Waals surface area contributed by atoms with Gasteiger partial charge in [-0.25, -0.2) is 4.99 Å². The fourth-order valence-electron chi connectivity index (χ4n) is 2.68. The number of hydrogen-bond acceptors (Lipinski definition) is 5. The number of aromatic hydroxyl groups is 1. The summed E-state index contributed by atoms with van der Waals surface area (Å²) in [6.45, 7) is 3.79. The molecule has 0 atom stereocenters. The van der Waals surface area contributed by atoms with Crippen molar-refractivity contribution in [3.05, 3.63) is 47.5 Å². The van der Waals surface area contributed by atoms with E-state index >= 15 is 0 Å². The molecule has 0 radical (unpaired) electrons. The van der Waals surface area contributed by atoms with E-state index in [1.54, 1.807) is 39.5 Å². The number of methoxy groups -OCH3 is 3. The van der Waals surface area contributed by atoms with Crippen LogP contribution in [0.15, 0.2) is 41.4 Å². The molecule has 0 fully saturated rings. The monoisotopic (exact) mass is 515 g/mol. The van der Waals surface area contributed by atoms with Gasteiger partial charge in [-0.3, -0.25) is 0 Å². The highest BCUT2D eigenvalue weighted by Crippen LogP contribution is 2.27. The lowest BCUT2D eigenvalue weighted by Gasteiger charge is -2.13. The summed E-state index contributed by atoms with van der Waals surface area (Å²) in [5.41, 5.74) is 1.84. The first-order chi connectivity index (χ1) is 13.6. The highest BCUT2D eigenvalue weighted by molar-refractivity contribution is 14.0. The van der Waals surface area contributed by atoms with E-state index in [9.17, 15) is 5.11 Å². The summed E-state index contributed by atoms with van der Waals surface area (Å²) in [4.78, 5) is 4.55. The summed E-state index contributed by atoms with van der Waals surface area (Å²) in [6, 6.07) is 11.0. The first kappa shape index (κ1) is 24.7. The van der Waals surface area contributed by atoms with Crippen LogP contribution in [0.1, 0.15) is 18.1 Å². The predicted octanol–water partition coefficient (Wildman–Crippen LogP) is 3.33. The zero-order valence-electron chi connectivity index (χ0n) is 17.3. The van der Waals surface area contributed by atoms with Crippen LogP contribution in [0.4, 0.5) is 0 Å². The Balaban J connectivity index is 0.00000420. The molecule has 0 aliphatic rings. The minimum atomic E-state index is 0. The van der Waals surface area contributed by atoms with Crippen molar-refractivity contribution in [3.63, 3.8) is 0 Å². The normalized spacial score (nSPS) is 10.7. The number of phenols is 1. The second kappa shape index (κ2) is 13.0. The molecule has 2 rings (SSSR count). The average molecular weight is 515 g/mol. The number of nitrogens with zero attached hydrogens (tertiary/aromatic N) is 1. The molecular weight excluding hydrogens is 485 g/mol. The number of guanidine groups is 1. The molecule has 8 heteroatoms.